The maximum Gasteiger partial charge on any atom is 0.306 e. The summed E-state index contributed by atoms with van der Waals surface area (Å²) in [6.07, 6.45) is 0.310. The molecular formula is C17H22N2O7. The van der Waals surface area contributed by atoms with Gasteiger partial charge in [-0.3, -0.25) is 19.7 Å². The van der Waals surface area contributed by atoms with Gasteiger partial charge in [0.2, 0.25) is 0 Å². The van der Waals surface area contributed by atoms with Gasteiger partial charge in [-0.15, -0.1) is 0 Å². The number of nitro groups is 1. The molecule has 0 spiro atoms. The molecule has 1 aliphatic rings. The number of methoxy groups -OCH3 is 1. The SMILES string of the molecule is CCOc1cc([N+](=O)[O-])c(C(=O)N2CCC(C(=O)O)C(C)C2)cc1OC. The Morgan fingerprint density at radius 2 is 2.08 bits per heavy atom. The molecule has 2 rings (SSSR count). The molecule has 0 aromatic heterocycles. The number of nitro benzene ring substituents is 1. The lowest BCUT2D eigenvalue weighted by Gasteiger charge is -2.34. The smallest absolute Gasteiger partial charge is 0.306 e. The fourth-order valence-electron chi connectivity index (χ4n) is 3.17. The number of piperidine rings is 1. The molecule has 1 heterocycles. The van der Waals surface area contributed by atoms with Gasteiger partial charge in [-0.05, 0) is 19.3 Å². The van der Waals surface area contributed by atoms with Crippen molar-refractivity contribution in [1.29, 1.82) is 0 Å². The van der Waals surface area contributed by atoms with Gasteiger partial charge in [0.15, 0.2) is 11.5 Å². The Balaban J connectivity index is 2.36. The maximum atomic E-state index is 12.9. The lowest BCUT2D eigenvalue weighted by molar-refractivity contribution is -0.385. The van der Waals surface area contributed by atoms with Crippen LogP contribution in [0.5, 0.6) is 11.5 Å². The fraction of sp³-hybridized carbons (Fsp3) is 0.529. The number of carboxylic acid groups (broad SMARTS) is 1. The van der Waals surface area contributed by atoms with Gasteiger partial charge in [-0.1, -0.05) is 6.92 Å². The van der Waals surface area contributed by atoms with Gasteiger partial charge in [0.05, 0.1) is 30.6 Å². The van der Waals surface area contributed by atoms with E-state index in [0.29, 0.717) is 13.0 Å². The second-order valence-corrected chi connectivity index (χ2v) is 6.17. The van der Waals surface area contributed by atoms with Crippen molar-refractivity contribution in [3.63, 3.8) is 0 Å². The predicted molar refractivity (Wildman–Crippen MR) is 91.6 cm³/mol. The van der Waals surface area contributed by atoms with Crippen molar-refractivity contribution in [2.45, 2.75) is 20.3 Å². The number of hydrogen-bond donors (Lipinski definition) is 1. The number of rotatable bonds is 6. The van der Waals surface area contributed by atoms with Gasteiger partial charge in [0, 0.05) is 19.2 Å². The summed E-state index contributed by atoms with van der Waals surface area (Å²) in [5.41, 5.74) is -0.469. The molecule has 9 nitrogen and oxygen atoms in total. The molecule has 0 radical (unpaired) electrons. The average Bonchev–Trinajstić information content (AvgIpc) is 2.60. The lowest BCUT2D eigenvalue weighted by atomic mass is 9.86. The molecule has 1 fully saturated rings. The Bertz CT molecular complexity index is 719. The number of carbonyl (C=O) groups is 2. The van der Waals surface area contributed by atoms with Crippen molar-refractivity contribution in [3.8, 4) is 11.5 Å². The van der Waals surface area contributed by atoms with Crippen molar-refractivity contribution in [2.75, 3.05) is 26.8 Å². The second kappa shape index (κ2) is 8.03. The number of aliphatic carboxylic acids is 1. The van der Waals surface area contributed by atoms with E-state index in [1.807, 2.05) is 0 Å². The number of likely N-dealkylation sites (tertiary alicyclic amines) is 1. The molecule has 1 aliphatic heterocycles. The first kappa shape index (κ1) is 19.5. The summed E-state index contributed by atoms with van der Waals surface area (Å²) in [5.74, 6) is -1.75. The third kappa shape index (κ3) is 3.87. The zero-order valence-electron chi connectivity index (χ0n) is 14.9. The van der Waals surface area contributed by atoms with Crippen LogP contribution in [0.4, 0.5) is 5.69 Å². The molecule has 0 saturated carbocycles. The van der Waals surface area contributed by atoms with Gasteiger partial charge in [-0.2, -0.15) is 0 Å². The molecule has 26 heavy (non-hydrogen) atoms. The highest BCUT2D eigenvalue weighted by atomic mass is 16.6. The number of carbonyl (C=O) groups excluding carboxylic acids is 1. The molecule has 1 saturated heterocycles. The number of hydrogen-bond acceptors (Lipinski definition) is 6. The van der Waals surface area contributed by atoms with E-state index >= 15 is 0 Å². The summed E-state index contributed by atoms with van der Waals surface area (Å²) in [6, 6.07) is 2.49. The van der Waals surface area contributed by atoms with Crippen molar-refractivity contribution in [1.82, 2.24) is 4.90 Å². The van der Waals surface area contributed by atoms with E-state index in [1.165, 1.54) is 24.1 Å². The summed E-state index contributed by atoms with van der Waals surface area (Å²) in [7, 11) is 1.39. The third-order valence-electron chi connectivity index (χ3n) is 4.52. The monoisotopic (exact) mass is 366 g/mol. The minimum atomic E-state index is -0.890. The molecular weight excluding hydrogens is 344 g/mol. The van der Waals surface area contributed by atoms with Gasteiger partial charge >= 0.3 is 5.97 Å². The van der Waals surface area contributed by atoms with Crippen LogP contribution in [0.25, 0.3) is 0 Å². The van der Waals surface area contributed by atoms with Crippen LogP contribution in [0.15, 0.2) is 12.1 Å². The van der Waals surface area contributed by atoms with Crippen LogP contribution in [0.1, 0.15) is 30.6 Å². The summed E-state index contributed by atoms with van der Waals surface area (Å²) in [5, 5.41) is 20.6. The van der Waals surface area contributed by atoms with Crippen molar-refractivity contribution >= 4 is 17.6 Å². The summed E-state index contributed by atoms with van der Waals surface area (Å²) < 4.78 is 10.5. The highest BCUT2D eigenvalue weighted by Crippen LogP contribution is 2.36. The van der Waals surface area contributed by atoms with Crippen LogP contribution in [0, 0.1) is 22.0 Å². The van der Waals surface area contributed by atoms with Crippen LogP contribution >= 0.6 is 0 Å². The van der Waals surface area contributed by atoms with E-state index in [0.717, 1.165) is 0 Å². The number of ether oxygens (including phenoxy) is 2. The average molecular weight is 366 g/mol. The first-order valence-electron chi connectivity index (χ1n) is 8.31. The largest absolute Gasteiger partial charge is 0.493 e. The zero-order valence-corrected chi connectivity index (χ0v) is 14.9. The Morgan fingerprint density at radius 3 is 2.58 bits per heavy atom. The molecule has 1 amide bonds. The van der Waals surface area contributed by atoms with E-state index in [4.69, 9.17) is 9.47 Å². The van der Waals surface area contributed by atoms with Crippen LogP contribution in [-0.4, -0.2) is 53.6 Å². The number of carboxylic acids is 1. The van der Waals surface area contributed by atoms with E-state index in [2.05, 4.69) is 0 Å². The standard InChI is InChI=1S/C17H22N2O7/c1-4-26-15-8-13(19(23)24)12(7-14(15)25-3)16(20)18-6-5-11(17(21)22)10(2)9-18/h7-8,10-11H,4-6,9H2,1-3H3,(H,21,22). The van der Waals surface area contributed by atoms with Gasteiger partial charge in [0.1, 0.15) is 5.56 Å². The Hall–Kier alpha value is -2.84. The highest BCUT2D eigenvalue weighted by Gasteiger charge is 2.35. The van der Waals surface area contributed by atoms with Crippen LogP contribution < -0.4 is 9.47 Å². The normalized spacial score (nSPS) is 19.7. The minimum absolute atomic E-state index is 0.101. The molecule has 0 bridgehead atoms. The Kier molecular flexibility index (Phi) is 6.01. The molecule has 1 aromatic rings. The number of amides is 1. The van der Waals surface area contributed by atoms with E-state index in [-0.39, 0.29) is 41.8 Å². The molecule has 9 heteroatoms. The quantitative estimate of drug-likeness (QED) is 0.605. The number of nitrogens with zero attached hydrogens (tertiary/aromatic N) is 2. The number of benzene rings is 1. The summed E-state index contributed by atoms with van der Waals surface area (Å²) in [6.45, 7) is 4.24. The minimum Gasteiger partial charge on any atom is -0.493 e. The first-order chi connectivity index (χ1) is 12.3. The lowest BCUT2D eigenvalue weighted by Crippen LogP contribution is -2.45. The molecule has 2 atom stereocenters. The van der Waals surface area contributed by atoms with Crippen LogP contribution in [0.2, 0.25) is 0 Å². The second-order valence-electron chi connectivity index (χ2n) is 6.17. The molecule has 0 aliphatic carbocycles. The van der Waals surface area contributed by atoms with E-state index in [1.54, 1.807) is 13.8 Å². The fourth-order valence-corrected chi connectivity index (χ4v) is 3.17. The van der Waals surface area contributed by atoms with E-state index < -0.39 is 22.7 Å². The summed E-state index contributed by atoms with van der Waals surface area (Å²) in [4.78, 5) is 36.3. The van der Waals surface area contributed by atoms with Crippen LogP contribution in [0.3, 0.4) is 0 Å². The summed E-state index contributed by atoms with van der Waals surface area (Å²) >= 11 is 0. The van der Waals surface area contributed by atoms with Crippen molar-refractivity contribution in [2.24, 2.45) is 11.8 Å². The molecule has 142 valence electrons. The molecule has 2 unspecified atom stereocenters. The van der Waals surface area contributed by atoms with Gasteiger partial charge < -0.3 is 19.5 Å². The third-order valence-corrected chi connectivity index (χ3v) is 4.52. The van der Waals surface area contributed by atoms with Crippen molar-refractivity contribution in [3.05, 3.63) is 27.8 Å². The van der Waals surface area contributed by atoms with Crippen molar-refractivity contribution < 1.29 is 29.1 Å². The predicted octanol–water partition coefficient (Wildman–Crippen LogP) is 2.18. The van der Waals surface area contributed by atoms with E-state index in [9.17, 15) is 24.8 Å². The Morgan fingerprint density at radius 1 is 1.38 bits per heavy atom. The molecule has 1 N–H and O–H groups in total. The van der Waals surface area contributed by atoms with Gasteiger partial charge in [0.25, 0.3) is 11.6 Å². The Labute approximate surface area is 150 Å². The maximum absolute atomic E-state index is 12.9. The first-order valence-corrected chi connectivity index (χ1v) is 8.31. The zero-order chi connectivity index (χ0) is 19.4. The molecule has 1 aromatic carbocycles. The highest BCUT2D eigenvalue weighted by molar-refractivity contribution is 5.99. The topological polar surface area (TPSA) is 119 Å². The van der Waals surface area contributed by atoms with Crippen LogP contribution in [-0.2, 0) is 4.79 Å². The van der Waals surface area contributed by atoms with Gasteiger partial charge in [-0.25, -0.2) is 0 Å².